The van der Waals surface area contributed by atoms with Crippen LogP contribution in [0.25, 0.3) is 0 Å². The Morgan fingerprint density at radius 3 is 1.67 bits per heavy atom. The maximum Gasteiger partial charge on any atom is 0.300 e. The van der Waals surface area contributed by atoms with E-state index in [0.717, 1.165) is 6.92 Å². The van der Waals surface area contributed by atoms with Crippen molar-refractivity contribution in [2.45, 2.75) is 6.92 Å². The smallest absolute Gasteiger partial charge is 0.300 e. The van der Waals surface area contributed by atoms with Gasteiger partial charge in [-0.3, -0.25) is 4.79 Å². The molecule has 0 aliphatic heterocycles. The maximum absolute atomic E-state index is 9.00. The van der Waals surface area contributed by atoms with E-state index in [1.54, 1.807) is 0 Å². The van der Waals surface area contributed by atoms with E-state index >= 15 is 0 Å². The van der Waals surface area contributed by atoms with Crippen molar-refractivity contribution >= 4 is 5.97 Å². The molecule has 4 heteroatoms. The number of carboxylic acids is 1. The molecule has 0 aromatic carbocycles. The SMILES string of the molecule is CC(=O)O.[Au].[Pd]. The summed E-state index contributed by atoms with van der Waals surface area (Å²) in [4.78, 5) is 9.00. The van der Waals surface area contributed by atoms with Gasteiger partial charge >= 0.3 is 0 Å². The number of aliphatic carboxylic acids is 1. The second-order valence-electron chi connectivity index (χ2n) is 0.519. The van der Waals surface area contributed by atoms with Crippen LogP contribution in [-0.2, 0) is 47.6 Å². The minimum atomic E-state index is -0.833. The zero-order valence-corrected chi connectivity index (χ0v) is 6.69. The molecule has 0 bridgehead atoms. The number of rotatable bonds is 0. The van der Waals surface area contributed by atoms with Crippen LogP contribution in [0.2, 0.25) is 0 Å². The van der Waals surface area contributed by atoms with E-state index in [1.807, 2.05) is 0 Å². The van der Waals surface area contributed by atoms with Crippen LogP contribution in [0.5, 0.6) is 0 Å². The Morgan fingerprint density at radius 2 is 1.67 bits per heavy atom. The largest absolute Gasteiger partial charge is 0.481 e. The van der Waals surface area contributed by atoms with Gasteiger partial charge in [0.1, 0.15) is 0 Å². The Hall–Kier alpha value is 0.873. The summed E-state index contributed by atoms with van der Waals surface area (Å²) in [7, 11) is 0. The van der Waals surface area contributed by atoms with Gasteiger partial charge in [0.25, 0.3) is 5.97 Å². The standard InChI is InChI=1S/C2H4O2.Au.Pd/c1-2(3)4;;/h1H3,(H,3,4);;. The molecule has 2 nitrogen and oxygen atoms in total. The molecule has 0 heterocycles. The first-order valence-corrected chi connectivity index (χ1v) is 0.928. The van der Waals surface area contributed by atoms with Gasteiger partial charge in [-0.2, -0.15) is 0 Å². The summed E-state index contributed by atoms with van der Waals surface area (Å²) in [6.45, 7) is 1.08. The summed E-state index contributed by atoms with van der Waals surface area (Å²) in [5.74, 6) is -0.833. The topological polar surface area (TPSA) is 37.3 Å². The number of carboxylic acid groups (broad SMARTS) is 1. The average molecular weight is 363 g/mol. The summed E-state index contributed by atoms with van der Waals surface area (Å²) in [6.07, 6.45) is 0. The molecule has 0 aliphatic carbocycles. The minimum Gasteiger partial charge on any atom is -0.481 e. The van der Waals surface area contributed by atoms with Gasteiger partial charge in [0.15, 0.2) is 0 Å². The van der Waals surface area contributed by atoms with E-state index in [2.05, 4.69) is 0 Å². The van der Waals surface area contributed by atoms with Gasteiger partial charge in [0.05, 0.1) is 0 Å². The summed E-state index contributed by atoms with van der Waals surface area (Å²) >= 11 is 0. The van der Waals surface area contributed by atoms with Crippen LogP contribution >= 0.6 is 0 Å². The zero-order chi connectivity index (χ0) is 3.58. The van der Waals surface area contributed by atoms with Gasteiger partial charge in [-0.1, -0.05) is 0 Å². The Kier molecular flexibility index (Phi) is 24.5. The second-order valence-corrected chi connectivity index (χ2v) is 0.519. The fourth-order valence-electron chi connectivity index (χ4n) is 0. The number of hydrogen-bond acceptors (Lipinski definition) is 1. The molecule has 1 radical (unpaired) electrons. The van der Waals surface area contributed by atoms with Crippen LogP contribution in [-0.4, -0.2) is 11.1 Å². The van der Waals surface area contributed by atoms with Gasteiger partial charge in [0, 0.05) is 49.7 Å². The third kappa shape index (κ3) is 96.0. The summed E-state index contributed by atoms with van der Waals surface area (Å²) in [6, 6.07) is 0. The first-order valence-electron chi connectivity index (χ1n) is 0.928. The Labute approximate surface area is 65.5 Å². The third-order valence-electron chi connectivity index (χ3n) is 0. The third-order valence-corrected chi connectivity index (χ3v) is 0. The summed E-state index contributed by atoms with van der Waals surface area (Å²) < 4.78 is 0. The predicted molar refractivity (Wildman–Crippen MR) is 13.3 cm³/mol. The van der Waals surface area contributed by atoms with Crippen molar-refractivity contribution in [3.63, 3.8) is 0 Å². The van der Waals surface area contributed by atoms with Gasteiger partial charge in [-0.05, 0) is 0 Å². The van der Waals surface area contributed by atoms with Gasteiger partial charge in [-0.15, -0.1) is 0 Å². The van der Waals surface area contributed by atoms with E-state index in [4.69, 9.17) is 9.90 Å². The molecule has 0 amide bonds. The number of carbonyl (C=O) groups is 1. The first-order chi connectivity index (χ1) is 1.73. The molecule has 0 aliphatic rings. The average Bonchev–Trinajstić information content (AvgIpc) is 0.811. The molecule has 0 fully saturated rings. The van der Waals surface area contributed by atoms with E-state index < -0.39 is 5.97 Å². The Morgan fingerprint density at radius 1 is 1.67 bits per heavy atom. The molecule has 0 aromatic heterocycles. The molecule has 0 saturated carbocycles. The molecule has 6 heavy (non-hydrogen) atoms. The molecule has 0 unspecified atom stereocenters. The molecular weight excluding hydrogens is 359 g/mol. The zero-order valence-electron chi connectivity index (χ0n) is 2.97. The molecular formula is C2H4AuO2Pd. The molecule has 0 rings (SSSR count). The van der Waals surface area contributed by atoms with Crippen molar-refractivity contribution in [2.24, 2.45) is 0 Å². The van der Waals surface area contributed by atoms with Crippen molar-refractivity contribution in [3.05, 3.63) is 0 Å². The predicted octanol–water partition coefficient (Wildman–Crippen LogP) is 0.0859. The van der Waals surface area contributed by atoms with Gasteiger partial charge < -0.3 is 5.11 Å². The molecule has 1 N–H and O–H groups in total. The quantitative estimate of drug-likeness (QED) is 0.620. The minimum absolute atomic E-state index is 0. The van der Waals surface area contributed by atoms with Crippen molar-refractivity contribution in [3.8, 4) is 0 Å². The number of hydrogen-bond donors (Lipinski definition) is 1. The molecule has 0 aromatic rings. The van der Waals surface area contributed by atoms with E-state index in [0.29, 0.717) is 0 Å². The van der Waals surface area contributed by atoms with Crippen molar-refractivity contribution < 1.29 is 52.7 Å². The maximum atomic E-state index is 9.00. The van der Waals surface area contributed by atoms with E-state index in [9.17, 15) is 0 Å². The van der Waals surface area contributed by atoms with Crippen molar-refractivity contribution in [1.29, 1.82) is 0 Å². The fraction of sp³-hybridized carbons (Fsp3) is 0.500. The van der Waals surface area contributed by atoms with E-state index in [-0.39, 0.29) is 42.8 Å². The Balaban J connectivity index is -0.0000000450. The van der Waals surface area contributed by atoms with Crippen LogP contribution in [0.4, 0.5) is 0 Å². The van der Waals surface area contributed by atoms with Crippen LogP contribution in [0.15, 0.2) is 0 Å². The van der Waals surface area contributed by atoms with Crippen molar-refractivity contribution in [2.75, 3.05) is 0 Å². The normalized spacial score (nSPS) is 4.17. The van der Waals surface area contributed by atoms with Gasteiger partial charge in [-0.25, -0.2) is 0 Å². The fourth-order valence-corrected chi connectivity index (χ4v) is 0. The first kappa shape index (κ1) is 15.8. The van der Waals surface area contributed by atoms with Crippen LogP contribution in [0.1, 0.15) is 6.92 Å². The van der Waals surface area contributed by atoms with Crippen LogP contribution < -0.4 is 0 Å². The Bertz CT molecular complexity index is 34.5. The molecule has 0 spiro atoms. The van der Waals surface area contributed by atoms with E-state index in [1.165, 1.54) is 0 Å². The molecule has 45 valence electrons. The van der Waals surface area contributed by atoms with Gasteiger partial charge in [0.2, 0.25) is 0 Å². The molecule has 0 atom stereocenters. The summed E-state index contributed by atoms with van der Waals surface area (Å²) in [5.41, 5.74) is 0. The second kappa shape index (κ2) is 9.30. The van der Waals surface area contributed by atoms with Crippen LogP contribution in [0.3, 0.4) is 0 Å². The monoisotopic (exact) mass is 363 g/mol. The van der Waals surface area contributed by atoms with Crippen LogP contribution in [0, 0.1) is 0 Å². The van der Waals surface area contributed by atoms with Crippen molar-refractivity contribution in [1.82, 2.24) is 0 Å². The summed E-state index contributed by atoms with van der Waals surface area (Å²) in [5, 5.41) is 7.42. The molecule has 0 saturated heterocycles.